The molecule has 0 aliphatic carbocycles. The van der Waals surface area contributed by atoms with Gasteiger partial charge in [0, 0.05) is 19.9 Å². The molecule has 186 valence electrons. The summed E-state index contributed by atoms with van der Waals surface area (Å²) in [5.41, 5.74) is 7.06. The maximum atomic E-state index is 13.8. The Labute approximate surface area is 216 Å². The molecule has 1 saturated heterocycles. The van der Waals surface area contributed by atoms with E-state index in [4.69, 9.17) is 15.2 Å². The maximum Gasteiger partial charge on any atom is 0.334 e. The summed E-state index contributed by atoms with van der Waals surface area (Å²) in [5.74, 6) is -0.632. The molecule has 2 aliphatic rings. The summed E-state index contributed by atoms with van der Waals surface area (Å²) in [5, 5.41) is 13.4. The molecule has 5 rings (SSSR count). The van der Waals surface area contributed by atoms with E-state index in [-0.39, 0.29) is 0 Å². The van der Waals surface area contributed by atoms with Crippen molar-refractivity contribution in [3.8, 4) is 0 Å². The number of tetrazole rings is 1. The minimum Gasteiger partial charge on any atom is -0.451 e. The topological polar surface area (TPSA) is 125 Å². The van der Waals surface area contributed by atoms with E-state index in [1.165, 1.54) is 35.5 Å². The Balaban J connectivity index is 1.46. The summed E-state index contributed by atoms with van der Waals surface area (Å²) < 4.78 is 13.0. The Morgan fingerprint density at radius 3 is 2.36 bits per heavy atom. The number of methoxy groups -OCH3 is 1. The summed E-state index contributed by atoms with van der Waals surface area (Å²) in [6, 6.07) is 18.0. The first kappa shape index (κ1) is 24.5. The van der Waals surface area contributed by atoms with Crippen LogP contribution in [0.3, 0.4) is 0 Å². The number of β-lactam (4-membered cyclic amide) rings is 1. The lowest BCUT2D eigenvalue weighted by atomic mass is 9.95. The van der Waals surface area contributed by atoms with Gasteiger partial charge in [-0.3, -0.25) is 10.5 Å². The third-order valence-electron chi connectivity index (χ3n) is 6.11. The molecule has 1 fully saturated rings. The van der Waals surface area contributed by atoms with Crippen LogP contribution < -0.4 is 5.73 Å². The average molecular weight is 525 g/mol. The number of thioether (sulfide) groups is 2. The minimum absolute atomic E-state index is 0.378. The second kappa shape index (κ2) is 10.1. The van der Waals surface area contributed by atoms with Gasteiger partial charge in [0.05, 0.1) is 0 Å². The normalized spacial score (nSPS) is 23.2. The Morgan fingerprint density at radius 2 is 1.81 bits per heavy atom. The lowest BCUT2D eigenvalue weighted by Crippen LogP contribution is -2.81. The van der Waals surface area contributed by atoms with Crippen LogP contribution in [0.4, 0.5) is 0 Å². The van der Waals surface area contributed by atoms with Gasteiger partial charge in [-0.1, -0.05) is 72.4 Å². The Bertz CT molecular complexity index is 1250. The number of nitrogens with two attached hydrogens (primary N) is 1. The van der Waals surface area contributed by atoms with E-state index < -0.39 is 35.1 Å². The molecule has 0 spiro atoms. The number of hydrogen-bond acceptors (Lipinski definition) is 10. The van der Waals surface area contributed by atoms with Crippen LogP contribution in [0.15, 0.2) is 76.8 Å². The number of aryl methyl sites for hydroxylation is 1. The number of aromatic nitrogens is 4. The highest BCUT2D eigenvalue weighted by atomic mass is 32.2. The molecule has 10 nitrogen and oxygen atoms in total. The third-order valence-corrected chi connectivity index (χ3v) is 8.47. The molecule has 2 N–H and O–H groups in total. The van der Waals surface area contributed by atoms with E-state index in [0.29, 0.717) is 16.5 Å². The number of amides is 1. The predicted octanol–water partition coefficient (Wildman–Crippen LogP) is 2.10. The molecule has 3 heterocycles. The number of fused-ring (bicyclic) bond motifs is 1. The van der Waals surface area contributed by atoms with Crippen molar-refractivity contribution in [3.05, 3.63) is 82.8 Å². The lowest BCUT2D eigenvalue weighted by Gasteiger charge is -2.56. The van der Waals surface area contributed by atoms with Crippen molar-refractivity contribution < 1.29 is 19.1 Å². The van der Waals surface area contributed by atoms with Crippen molar-refractivity contribution in [1.82, 2.24) is 25.1 Å². The van der Waals surface area contributed by atoms with Crippen molar-refractivity contribution in [2.75, 3.05) is 12.9 Å². The summed E-state index contributed by atoms with van der Waals surface area (Å²) in [6.07, 6.45) is -0.647. The van der Waals surface area contributed by atoms with E-state index in [1.807, 2.05) is 66.1 Å². The average Bonchev–Trinajstić information content (AvgIpc) is 3.34. The van der Waals surface area contributed by atoms with Gasteiger partial charge in [0.25, 0.3) is 5.91 Å². The SMILES string of the molecule is CO[C@]1(N)C(=O)N2C(C(=O)OC(c3ccccc3)c3ccccc3)C(CSc3nnnn3C)=CS[C@@H]21. The van der Waals surface area contributed by atoms with Gasteiger partial charge < -0.3 is 14.4 Å². The van der Waals surface area contributed by atoms with Crippen molar-refractivity contribution >= 4 is 35.4 Å². The smallest absolute Gasteiger partial charge is 0.334 e. The molecular formula is C24H24N6O4S2. The molecule has 3 aromatic rings. The van der Waals surface area contributed by atoms with E-state index >= 15 is 0 Å². The first-order valence-corrected chi connectivity index (χ1v) is 13.0. The van der Waals surface area contributed by atoms with Gasteiger partial charge in [0.15, 0.2) is 12.1 Å². The third kappa shape index (κ3) is 4.30. The van der Waals surface area contributed by atoms with Gasteiger partial charge in [0.2, 0.25) is 10.9 Å². The zero-order valence-corrected chi connectivity index (χ0v) is 21.2. The predicted molar refractivity (Wildman–Crippen MR) is 134 cm³/mol. The number of carbonyl (C=O) groups is 2. The Hall–Kier alpha value is -3.19. The van der Waals surface area contributed by atoms with Crippen LogP contribution >= 0.6 is 23.5 Å². The standard InChI is InChI=1S/C24H24N6O4S2/c1-29-23(26-27-28-29)36-14-17-13-35-22-24(25,33-2)21(32)30(22)18(17)20(31)34-19(15-9-5-3-6-10-15)16-11-7-4-8-12-16/h3-13,18-19,22H,14,25H2,1-2H3/t18?,22-,24-/m1/s1. The van der Waals surface area contributed by atoms with Crippen LogP contribution in [0, 0.1) is 0 Å². The highest BCUT2D eigenvalue weighted by Gasteiger charge is 2.64. The molecule has 12 heteroatoms. The minimum atomic E-state index is -1.50. The Kier molecular flexibility index (Phi) is 6.84. The van der Waals surface area contributed by atoms with Gasteiger partial charge in [-0.25, -0.2) is 9.48 Å². The summed E-state index contributed by atoms with van der Waals surface area (Å²) in [4.78, 5) is 28.4. The van der Waals surface area contributed by atoms with Gasteiger partial charge in [0.1, 0.15) is 5.37 Å². The molecule has 1 amide bonds. The highest BCUT2D eigenvalue weighted by molar-refractivity contribution is 8.03. The van der Waals surface area contributed by atoms with Crippen LogP contribution in [0.1, 0.15) is 17.2 Å². The lowest BCUT2D eigenvalue weighted by molar-refractivity contribution is -0.194. The molecule has 36 heavy (non-hydrogen) atoms. The molecule has 0 bridgehead atoms. The fraction of sp³-hybridized carbons (Fsp3) is 0.292. The fourth-order valence-electron chi connectivity index (χ4n) is 4.19. The van der Waals surface area contributed by atoms with Crippen molar-refractivity contribution in [2.24, 2.45) is 12.8 Å². The molecule has 1 aromatic heterocycles. The monoisotopic (exact) mass is 524 g/mol. The Morgan fingerprint density at radius 1 is 1.17 bits per heavy atom. The van der Waals surface area contributed by atoms with E-state index in [0.717, 1.165) is 11.1 Å². The quantitative estimate of drug-likeness (QED) is 0.203. The van der Waals surface area contributed by atoms with Crippen LogP contribution in [0.25, 0.3) is 0 Å². The number of hydrogen-bond donors (Lipinski definition) is 1. The largest absolute Gasteiger partial charge is 0.451 e. The second-order valence-corrected chi connectivity index (χ2v) is 10.2. The van der Waals surface area contributed by atoms with Gasteiger partial charge in [-0.15, -0.1) is 16.9 Å². The van der Waals surface area contributed by atoms with E-state index in [1.54, 1.807) is 11.7 Å². The van der Waals surface area contributed by atoms with Crippen LogP contribution in [-0.4, -0.2) is 67.0 Å². The van der Waals surface area contributed by atoms with Gasteiger partial charge >= 0.3 is 5.97 Å². The maximum absolute atomic E-state index is 13.8. The number of ether oxygens (including phenoxy) is 2. The highest BCUT2D eigenvalue weighted by Crippen LogP contribution is 2.46. The molecule has 3 atom stereocenters. The fourth-order valence-corrected chi connectivity index (χ4v) is 6.41. The number of nitrogens with zero attached hydrogens (tertiary/aromatic N) is 5. The molecule has 0 saturated carbocycles. The molecular weight excluding hydrogens is 500 g/mol. The number of carbonyl (C=O) groups excluding carboxylic acids is 2. The van der Waals surface area contributed by atoms with Crippen LogP contribution in [-0.2, 0) is 26.1 Å². The van der Waals surface area contributed by atoms with Crippen LogP contribution in [0.2, 0.25) is 0 Å². The molecule has 2 aliphatic heterocycles. The van der Waals surface area contributed by atoms with E-state index in [2.05, 4.69) is 15.5 Å². The van der Waals surface area contributed by atoms with E-state index in [9.17, 15) is 9.59 Å². The number of esters is 1. The second-order valence-electron chi connectivity index (χ2n) is 8.31. The van der Waals surface area contributed by atoms with Crippen LogP contribution in [0.5, 0.6) is 0 Å². The number of benzene rings is 2. The van der Waals surface area contributed by atoms with Crippen molar-refractivity contribution in [1.29, 1.82) is 0 Å². The molecule has 2 aromatic carbocycles. The summed E-state index contributed by atoms with van der Waals surface area (Å²) in [6.45, 7) is 0. The first-order chi connectivity index (χ1) is 17.4. The zero-order valence-electron chi connectivity index (χ0n) is 19.6. The molecule has 1 unspecified atom stereocenters. The molecule has 0 radical (unpaired) electrons. The first-order valence-electron chi connectivity index (χ1n) is 11.1. The summed E-state index contributed by atoms with van der Waals surface area (Å²) >= 11 is 2.71. The van der Waals surface area contributed by atoms with Crippen molar-refractivity contribution in [2.45, 2.75) is 28.4 Å². The van der Waals surface area contributed by atoms with Gasteiger partial charge in [-0.05, 0) is 32.5 Å². The zero-order chi connectivity index (χ0) is 25.3. The van der Waals surface area contributed by atoms with Crippen molar-refractivity contribution in [3.63, 3.8) is 0 Å². The number of rotatable bonds is 8. The van der Waals surface area contributed by atoms with Gasteiger partial charge in [-0.2, -0.15) is 0 Å². The summed E-state index contributed by atoms with van der Waals surface area (Å²) in [7, 11) is 3.12.